The molecule has 1 aliphatic rings. The van der Waals surface area contributed by atoms with Crippen LogP contribution in [0.25, 0.3) is 0 Å². The number of likely N-dealkylation sites (N-methyl/N-ethyl adjacent to an activating group) is 1. The van der Waals surface area contributed by atoms with Gasteiger partial charge in [-0.15, -0.1) is 0 Å². The Morgan fingerprint density at radius 2 is 2.35 bits per heavy atom. The zero-order valence-corrected chi connectivity index (χ0v) is 11.4. The molecule has 1 N–H and O–H groups in total. The molecule has 0 amide bonds. The lowest BCUT2D eigenvalue weighted by Gasteiger charge is -2.31. The summed E-state index contributed by atoms with van der Waals surface area (Å²) in [6, 6.07) is 2.28. The summed E-state index contributed by atoms with van der Waals surface area (Å²) >= 11 is 11.9. The molecule has 1 fully saturated rings. The number of piperidine rings is 1. The summed E-state index contributed by atoms with van der Waals surface area (Å²) in [4.78, 5) is 6.40. The largest absolute Gasteiger partial charge is 0.315 e. The van der Waals surface area contributed by atoms with Crippen molar-refractivity contribution in [3.8, 4) is 0 Å². The van der Waals surface area contributed by atoms with E-state index in [2.05, 4.69) is 22.2 Å². The number of nitrogens with zero attached hydrogens (tertiary/aromatic N) is 2. The molecular formula is C12H17Cl2N3. The second-order valence-electron chi connectivity index (χ2n) is 4.51. The third-order valence-corrected chi connectivity index (χ3v) is 3.77. The summed E-state index contributed by atoms with van der Waals surface area (Å²) in [5.41, 5.74) is 1.03. The minimum absolute atomic E-state index is 0.445. The maximum absolute atomic E-state index is 6.15. The first-order chi connectivity index (χ1) is 8.16. The lowest BCUT2D eigenvalue weighted by Crippen LogP contribution is -2.43. The Bertz CT molecular complexity index is 378. The van der Waals surface area contributed by atoms with Crippen molar-refractivity contribution < 1.29 is 0 Å². The van der Waals surface area contributed by atoms with Crippen LogP contribution in [0.1, 0.15) is 18.4 Å². The molecular weight excluding hydrogens is 257 g/mol. The highest BCUT2D eigenvalue weighted by Gasteiger charge is 2.18. The monoisotopic (exact) mass is 273 g/mol. The summed E-state index contributed by atoms with van der Waals surface area (Å²) in [7, 11) is 2.13. The fourth-order valence-corrected chi connectivity index (χ4v) is 2.59. The fraction of sp³-hybridized carbons (Fsp3) is 0.583. The molecule has 0 saturated carbocycles. The molecule has 1 unspecified atom stereocenters. The van der Waals surface area contributed by atoms with E-state index in [0.717, 1.165) is 25.2 Å². The number of rotatable bonds is 3. The molecule has 1 aromatic rings. The molecule has 2 heterocycles. The molecule has 0 spiro atoms. The molecule has 1 atom stereocenters. The Labute approximate surface area is 112 Å². The molecule has 0 radical (unpaired) electrons. The van der Waals surface area contributed by atoms with E-state index in [-0.39, 0.29) is 0 Å². The Balaban J connectivity index is 1.99. The first kappa shape index (κ1) is 13.1. The van der Waals surface area contributed by atoms with Crippen LogP contribution in [0.4, 0.5) is 0 Å². The van der Waals surface area contributed by atoms with Gasteiger partial charge in [0.25, 0.3) is 0 Å². The number of hydrogen-bond acceptors (Lipinski definition) is 3. The van der Waals surface area contributed by atoms with Crippen LogP contribution in [-0.2, 0) is 6.54 Å². The number of pyridine rings is 1. The van der Waals surface area contributed by atoms with Gasteiger partial charge in [-0.25, -0.2) is 4.98 Å². The second-order valence-corrected chi connectivity index (χ2v) is 5.31. The third-order valence-electron chi connectivity index (χ3n) is 3.21. The van der Waals surface area contributed by atoms with E-state index in [1.807, 2.05) is 0 Å². The van der Waals surface area contributed by atoms with E-state index in [1.165, 1.54) is 12.8 Å². The average molecular weight is 274 g/mol. The van der Waals surface area contributed by atoms with Crippen LogP contribution in [0.15, 0.2) is 12.3 Å². The van der Waals surface area contributed by atoms with Crippen LogP contribution in [0.5, 0.6) is 0 Å². The van der Waals surface area contributed by atoms with Gasteiger partial charge in [0, 0.05) is 35.9 Å². The number of nitrogens with one attached hydrogen (secondary N) is 1. The molecule has 2 rings (SSSR count). The Morgan fingerprint density at radius 3 is 3.00 bits per heavy atom. The van der Waals surface area contributed by atoms with Gasteiger partial charge in [0.2, 0.25) is 0 Å². The van der Waals surface area contributed by atoms with E-state index < -0.39 is 0 Å². The minimum Gasteiger partial charge on any atom is -0.315 e. The molecule has 17 heavy (non-hydrogen) atoms. The lowest BCUT2D eigenvalue weighted by molar-refractivity contribution is 0.196. The molecule has 0 bridgehead atoms. The molecule has 0 aliphatic carbocycles. The molecule has 1 aromatic heterocycles. The highest BCUT2D eigenvalue weighted by Crippen LogP contribution is 2.21. The van der Waals surface area contributed by atoms with Crippen LogP contribution in [0.3, 0.4) is 0 Å². The van der Waals surface area contributed by atoms with Gasteiger partial charge in [-0.3, -0.25) is 4.90 Å². The number of aromatic nitrogens is 1. The van der Waals surface area contributed by atoms with E-state index >= 15 is 0 Å². The Hall–Kier alpha value is -0.350. The fourth-order valence-electron chi connectivity index (χ4n) is 2.16. The zero-order valence-electron chi connectivity index (χ0n) is 9.92. The molecule has 5 heteroatoms. The number of hydrogen-bond donors (Lipinski definition) is 1. The number of halogens is 2. The van der Waals surface area contributed by atoms with E-state index in [0.29, 0.717) is 16.2 Å². The van der Waals surface area contributed by atoms with Crippen LogP contribution in [0.2, 0.25) is 10.2 Å². The van der Waals surface area contributed by atoms with Crippen molar-refractivity contribution in [2.75, 3.05) is 20.1 Å². The summed E-state index contributed by atoms with van der Waals surface area (Å²) in [5.74, 6) is 0. The van der Waals surface area contributed by atoms with Crippen molar-refractivity contribution in [3.05, 3.63) is 28.0 Å². The highest BCUT2D eigenvalue weighted by molar-refractivity contribution is 6.34. The molecule has 1 saturated heterocycles. The van der Waals surface area contributed by atoms with Crippen molar-refractivity contribution in [2.45, 2.75) is 25.4 Å². The van der Waals surface area contributed by atoms with Crippen LogP contribution < -0.4 is 5.32 Å². The van der Waals surface area contributed by atoms with Crippen LogP contribution in [0, 0.1) is 0 Å². The van der Waals surface area contributed by atoms with E-state index in [9.17, 15) is 0 Å². The van der Waals surface area contributed by atoms with Crippen molar-refractivity contribution in [3.63, 3.8) is 0 Å². The molecule has 1 aliphatic heterocycles. The van der Waals surface area contributed by atoms with E-state index in [1.54, 1.807) is 12.3 Å². The standard InChI is InChI=1S/C12H17Cl2N3/c1-17(10-3-2-4-15-7-10)8-9-6-16-12(14)5-11(9)13/h5-6,10,15H,2-4,7-8H2,1H3. The molecule has 94 valence electrons. The summed E-state index contributed by atoms with van der Waals surface area (Å²) < 4.78 is 0. The topological polar surface area (TPSA) is 28.2 Å². The Kier molecular flexibility index (Phi) is 4.62. The van der Waals surface area contributed by atoms with Gasteiger partial charge < -0.3 is 5.32 Å². The molecule has 3 nitrogen and oxygen atoms in total. The van der Waals surface area contributed by atoms with Crippen LogP contribution >= 0.6 is 23.2 Å². The second kappa shape index (κ2) is 6.01. The quantitative estimate of drug-likeness (QED) is 0.859. The van der Waals surface area contributed by atoms with Crippen LogP contribution in [-0.4, -0.2) is 36.1 Å². The van der Waals surface area contributed by atoms with Gasteiger partial charge in [0.15, 0.2) is 0 Å². The van der Waals surface area contributed by atoms with Gasteiger partial charge in [-0.2, -0.15) is 0 Å². The average Bonchev–Trinajstić information content (AvgIpc) is 2.34. The summed E-state index contributed by atoms with van der Waals surface area (Å²) in [5, 5.41) is 4.55. The van der Waals surface area contributed by atoms with Gasteiger partial charge in [0.1, 0.15) is 5.15 Å². The minimum atomic E-state index is 0.445. The summed E-state index contributed by atoms with van der Waals surface area (Å²) in [6.45, 7) is 3.00. The smallest absolute Gasteiger partial charge is 0.130 e. The van der Waals surface area contributed by atoms with Crippen molar-refractivity contribution >= 4 is 23.2 Å². The van der Waals surface area contributed by atoms with Crippen molar-refractivity contribution in [2.24, 2.45) is 0 Å². The zero-order chi connectivity index (χ0) is 12.3. The Morgan fingerprint density at radius 1 is 1.53 bits per heavy atom. The first-order valence-corrected chi connectivity index (χ1v) is 6.63. The SMILES string of the molecule is CN(Cc1cnc(Cl)cc1Cl)C1CCCNC1. The molecule has 0 aromatic carbocycles. The third kappa shape index (κ3) is 3.55. The van der Waals surface area contributed by atoms with Gasteiger partial charge in [0.05, 0.1) is 0 Å². The van der Waals surface area contributed by atoms with Gasteiger partial charge in [-0.05, 0) is 32.5 Å². The first-order valence-electron chi connectivity index (χ1n) is 5.87. The van der Waals surface area contributed by atoms with Gasteiger partial charge >= 0.3 is 0 Å². The normalized spacial score (nSPS) is 20.8. The maximum Gasteiger partial charge on any atom is 0.130 e. The predicted molar refractivity (Wildman–Crippen MR) is 71.6 cm³/mol. The van der Waals surface area contributed by atoms with Crippen molar-refractivity contribution in [1.82, 2.24) is 15.2 Å². The lowest BCUT2D eigenvalue weighted by atomic mass is 10.1. The maximum atomic E-state index is 6.15. The predicted octanol–water partition coefficient (Wildman–Crippen LogP) is 2.57. The van der Waals surface area contributed by atoms with Gasteiger partial charge in [-0.1, -0.05) is 23.2 Å². The van der Waals surface area contributed by atoms with E-state index in [4.69, 9.17) is 23.2 Å². The highest BCUT2D eigenvalue weighted by atomic mass is 35.5. The summed E-state index contributed by atoms with van der Waals surface area (Å²) in [6.07, 6.45) is 4.24. The van der Waals surface area contributed by atoms with Crippen molar-refractivity contribution in [1.29, 1.82) is 0 Å².